The van der Waals surface area contributed by atoms with E-state index >= 15 is 0 Å². The van der Waals surface area contributed by atoms with Crippen LogP contribution in [0.5, 0.6) is 0 Å². The van der Waals surface area contributed by atoms with E-state index in [-0.39, 0.29) is 4.90 Å². The van der Waals surface area contributed by atoms with Gasteiger partial charge >= 0.3 is 0 Å². The standard InChI is InChI=1S/C16H36P.C8H8O3S/c1-5-9-13-17(14-10-6-2,15-11-7-3)16-12-8-4;1-2-7-3-5-8(6-4-7)12(9,10)11/h5-16H2,1-4H3;2-6H,1H2,(H,9,10,11)/q+1;/p-1. The molecule has 0 aliphatic rings. The highest BCUT2D eigenvalue weighted by Gasteiger charge is 2.34. The van der Waals surface area contributed by atoms with Crippen LogP contribution in [0, 0.1) is 0 Å². The minimum absolute atomic E-state index is 0.215. The SMILES string of the molecule is C=Cc1ccc(S(=O)(=O)[O-])cc1.CCCC[P+](CCCC)(CCCC)CCCC. The molecule has 0 fully saturated rings. The van der Waals surface area contributed by atoms with Crippen molar-refractivity contribution in [3.63, 3.8) is 0 Å². The van der Waals surface area contributed by atoms with E-state index in [9.17, 15) is 13.0 Å². The zero-order chi connectivity index (χ0) is 22.2. The molecule has 29 heavy (non-hydrogen) atoms. The van der Waals surface area contributed by atoms with E-state index in [1.165, 1.54) is 75.6 Å². The fourth-order valence-corrected chi connectivity index (χ4v) is 9.17. The van der Waals surface area contributed by atoms with Gasteiger partial charge in [0.05, 0.1) is 29.5 Å². The Hall–Kier alpha value is -0.700. The lowest BCUT2D eigenvalue weighted by molar-refractivity contribution is 0.463. The molecule has 0 atom stereocenters. The summed E-state index contributed by atoms with van der Waals surface area (Å²) in [6.45, 7) is 12.9. The molecule has 1 aromatic carbocycles. The third-order valence-electron chi connectivity index (χ3n) is 5.35. The van der Waals surface area contributed by atoms with Gasteiger partial charge in [-0.2, -0.15) is 0 Å². The quantitative estimate of drug-likeness (QED) is 0.222. The molecule has 0 saturated carbocycles. The van der Waals surface area contributed by atoms with Crippen LogP contribution in [0.4, 0.5) is 0 Å². The van der Waals surface area contributed by atoms with Gasteiger partial charge in [-0.15, -0.1) is 0 Å². The molecule has 0 saturated heterocycles. The second kappa shape index (κ2) is 16.1. The first-order chi connectivity index (χ1) is 13.8. The van der Waals surface area contributed by atoms with Crippen LogP contribution < -0.4 is 0 Å². The third-order valence-corrected chi connectivity index (χ3v) is 11.3. The molecule has 5 heteroatoms. The first-order valence-electron chi connectivity index (χ1n) is 11.3. The van der Waals surface area contributed by atoms with Crippen molar-refractivity contribution in [3.05, 3.63) is 36.4 Å². The fourth-order valence-electron chi connectivity index (χ4n) is 3.42. The Bertz CT molecular complexity index is 601. The molecule has 0 heterocycles. The maximum Gasteiger partial charge on any atom is 0.124 e. The van der Waals surface area contributed by atoms with Crippen LogP contribution in [-0.4, -0.2) is 37.6 Å². The number of hydrogen-bond donors (Lipinski definition) is 0. The predicted molar refractivity (Wildman–Crippen MR) is 131 cm³/mol. The summed E-state index contributed by atoms with van der Waals surface area (Å²) in [5, 5.41) is 0. The topological polar surface area (TPSA) is 57.2 Å². The fraction of sp³-hybridized carbons (Fsp3) is 0.667. The Balaban J connectivity index is 0.000000571. The van der Waals surface area contributed by atoms with Crippen molar-refractivity contribution in [1.82, 2.24) is 0 Å². The van der Waals surface area contributed by atoms with Crippen LogP contribution in [0.25, 0.3) is 6.08 Å². The lowest BCUT2D eigenvalue weighted by atomic mass is 10.2. The molecular formula is C24H43O3PS. The van der Waals surface area contributed by atoms with E-state index in [1.54, 1.807) is 30.7 Å². The summed E-state index contributed by atoms with van der Waals surface area (Å²) < 4.78 is 31.4. The molecule has 0 N–H and O–H groups in total. The molecule has 0 bridgehead atoms. The molecule has 0 unspecified atom stereocenters. The predicted octanol–water partition coefficient (Wildman–Crippen LogP) is 7.44. The summed E-state index contributed by atoms with van der Waals surface area (Å²) in [6, 6.07) is 5.58. The van der Waals surface area contributed by atoms with Gasteiger partial charge in [0.25, 0.3) is 0 Å². The van der Waals surface area contributed by atoms with E-state index in [1.807, 2.05) is 0 Å². The van der Waals surface area contributed by atoms with Crippen molar-refractivity contribution >= 4 is 23.5 Å². The first-order valence-corrected chi connectivity index (χ1v) is 15.3. The highest BCUT2D eigenvalue weighted by atomic mass is 32.2. The molecule has 1 rings (SSSR count). The molecule has 0 aromatic heterocycles. The Kier molecular flexibility index (Phi) is 15.7. The summed E-state index contributed by atoms with van der Waals surface area (Å²) in [5.74, 6) is 0. The molecule has 0 spiro atoms. The van der Waals surface area contributed by atoms with Gasteiger partial charge in [0.2, 0.25) is 0 Å². The highest BCUT2D eigenvalue weighted by molar-refractivity contribution is 7.85. The number of benzene rings is 1. The second-order valence-corrected chi connectivity index (χ2v) is 13.7. The van der Waals surface area contributed by atoms with Gasteiger partial charge in [0.15, 0.2) is 0 Å². The molecule has 1 aromatic rings. The molecule has 168 valence electrons. The Morgan fingerprint density at radius 3 is 1.38 bits per heavy atom. The summed E-state index contributed by atoms with van der Waals surface area (Å²) >= 11 is 0. The number of unbranched alkanes of at least 4 members (excludes halogenated alkanes) is 4. The largest absolute Gasteiger partial charge is 0.744 e. The molecular weight excluding hydrogens is 399 g/mol. The van der Waals surface area contributed by atoms with Gasteiger partial charge in [-0.1, -0.05) is 78.2 Å². The van der Waals surface area contributed by atoms with Crippen LogP contribution in [0.2, 0.25) is 0 Å². The number of rotatable bonds is 14. The van der Waals surface area contributed by atoms with Crippen LogP contribution >= 0.6 is 7.26 Å². The Morgan fingerprint density at radius 2 is 1.14 bits per heavy atom. The van der Waals surface area contributed by atoms with Crippen molar-refractivity contribution in [1.29, 1.82) is 0 Å². The highest BCUT2D eigenvalue weighted by Crippen LogP contribution is 2.61. The minimum Gasteiger partial charge on any atom is -0.744 e. The maximum absolute atomic E-state index is 10.5. The van der Waals surface area contributed by atoms with Gasteiger partial charge in [-0.3, -0.25) is 0 Å². The van der Waals surface area contributed by atoms with Crippen LogP contribution in [0.15, 0.2) is 35.7 Å². The lowest BCUT2D eigenvalue weighted by Gasteiger charge is -2.28. The van der Waals surface area contributed by atoms with Gasteiger partial charge in [-0.05, 0) is 43.4 Å². The lowest BCUT2D eigenvalue weighted by Crippen LogP contribution is -2.12. The Morgan fingerprint density at radius 1 is 0.793 bits per heavy atom. The van der Waals surface area contributed by atoms with Crippen molar-refractivity contribution in [2.75, 3.05) is 24.6 Å². The van der Waals surface area contributed by atoms with E-state index in [2.05, 4.69) is 34.3 Å². The summed E-state index contributed by atoms with van der Waals surface area (Å²) in [4.78, 5) is -0.215. The van der Waals surface area contributed by atoms with Gasteiger partial charge < -0.3 is 4.55 Å². The van der Waals surface area contributed by atoms with Crippen molar-refractivity contribution in [3.8, 4) is 0 Å². The smallest absolute Gasteiger partial charge is 0.124 e. The average molecular weight is 443 g/mol. The van der Waals surface area contributed by atoms with Gasteiger partial charge in [0, 0.05) is 7.26 Å². The van der Waals surface area contributed by atoms with Crippen LogP contribution in [-0.2, 0) is 10.1 Å². The monoisotopic (exact) mass is 442 g/mol. The molecule has 0 amide bonds. The van der Waals surface area contributed by atoms with Crippen molar-refractivity contribution in [2.45, 2.75) is 84.0 Å². The zero-order valence-electron chi connectivity index (χ0n) is 19.2. The third kappa shape index (κ3) is 12.6. The maximum atomic E-state index is 10.5. The molecule has 0 aliphatic heterocycles. The van der Waals surface area contributed by atoms with E-state index in [0.717, 1.165) is 5.56 Å². The van der Waals surface area contributed by atoms with Crippen LogP contribution in [0.1, 0.15) is 84.6 Å². The first kappa shape index (κ1) is 28.3. The molecule has 0 radical (unpaired) electrons. The van der Waals surface area contributed by atoms with Crippen LogP contribution in [0.3, 0.4) is 0 Å². The van der Waals surface area contributed by atoms with E-state index < -0.39 is 17.4 Å². The average Bonchev–Trinajstić information content (AvgIpc) is 2.72. The Labute approximate surface area is 181 Å². The van der Waals surface area contributed by atoms with E-state index in [0.29, 0.717) is 0 Å². The van der Waals surface area contributed by atoms with E-state index in [4.69, 9.17) is 0 Å². The van der Waals surface area contributed by atoms with Crippen molar-refractivity contribution < 1.29 is 13.0 Å². The second-order valence-electron chi connectivity index (χ2n) is 7.88. The summed E-state index contributed by atoms with van der Waals surface area (Å²) in [7, 11) is -4.87. The molecule has 0 aliphatic carbocycles. The normalized spacial score (nSPS) is 11.6. The zero-order valence-corrected chi connectivity index (χ0v) is 20.9. The minimum atomic E-state index is -4.31. The van der Waals surface area contributed by atoms with Crippen molar-refractivity contribution in [2.24, 2.45) is 0 Å². The summed E-state index contributed by atoms with van der Waals surface area (Å²) in [5.41, 5.74) is 0.780. The number of hydrogen-bond acceptors (Lipinski definition) is 3. The van der Waals surface area contributed by atoms with Gasteiger partial charge in [-0.25, -0.2) is 8.42 Å². The van der Waals surface area contributed by atoms with Gasteiger partial charge in [0.1, 0.15) is 10.1 Å². The molecule has 3 nitrogen and oxygen atoms in total. The summed E-state index contributed by atoms with van der Waals surface area (Å²) in [6.07, 6.45) is 19.5.